The number of carbonyl (C=O) groups is 1. The molecule has 4 heteroatoms. The van der Waals surface area contributed by atoms with Gasteiger partial charge in [-0.05, 0) is 17.7 Å². The molecule has 100 valence electrons. The molecule has 4 nitrogen and oxygen atoms in total. The van der Waals surface area contributed by atoms with Gasteiger partial charge in [0.1, 0.15) is 0 Å². The molecule has 4 rings (SSSR count). The van der Waals surface area contributed by atoms with E-state index in [9.17, 15) is 4.79 Å². The lowest BCUT2D eigenvalue weighted by atomic mass is 10.1. The number of fused-ring (bicyclic) bond motifs is 3. The molecule has 1 aromatic heterocycles. The third kappa shape index (κ3) is 1.89. The van der Waals surface area contributed by atoms with Gasteiger partial charge in [0.2, 0.25) is 11.3 Å². The molecular formula is C17H10N2O2. The average molecular weight is 274 g/mol. The minimum Gasteiger partial charge on any atom is -0.336 e. The summed E-state index contributed by atoms with van der Waals surface area (Å²) in [5.41, 5.74) is 3.82. The Morgan fingerprint density at radius 1 is 0.857 bits per heavy atom. The second kappa shape index (κ2) is 4.52. The number of hydrogen-bond donors (Lipinski definition) is 0. The molecule has 0 atom stereocenters. The van der Waals surface area contributed by atoms with Crippen LogP contribution in [0.5, 0.6) is 0 Å². The van der Waals surface area contributed by atoms with Crippen LogP contribution in [0.1, 0.15) is 16.1 Å². The minimum absolute atomic E-state index is 0.101. The topological polar surface area (TPSA) is 55.5 Å². The van der Waals surface area contributed by atoms with Crippen molar-refractivity contribution in [1.29, 1.82) is 0 Å². The second-order valence-corrected chi connectivity index (χ2v) is 4.75. The third-order valence-electron chi connectivity index (χ3n) is 3.43. The van der Waals surface area contributed by atoms with E-state index in [4.69, 9.17) is 4.52 Å². The van der Waals surface area contributed by atoms with Crippen molar-refractivity contribution in [2.45, 2.75) is 0 Å². The van der Waals surface area contributed by atoms with Gasteiger partial charge < -0.3 is 4.52 Å². The van der Waals surface area contributed by atoms with Crippen LogP contribution in [0.25, 0.3) is 11.1 Å². The van der Waals surface area contributed by atoms with Crippen molar-refractivity contribution in [3.05, 3.63) is 77.5 Å². The van der Waals surface area contributed by atoms with E-state index in [-0.39, 0.29) is 5.78 Å². The molecule has 0 bridgehead atoms. The number of ketones is 1. The zero-order valence-electron chi connectivity index (χ0n) is 11.0. The molecule has 0 N–H and O–H groups in total. The van der Waals surface area contributed by atoms with Gasteiger partial charge in [-0.25, -0.2) is 4.99 Å². The van der Waals surface area contributed by atoms with Crippen molar-refractivity contribution in [3.63, 3.8) is 0 Å². The van der Waals surface area contributed by atoms with Crippen LogP contribution in [-0.4, -0.2) is 10.9 Å². The monoisotopic (exact) mass is 274 g/mol. The lowest BCUT2D eigenvalue weighted by Crippen LogP contribution is -2.06. The normalized spacial score (nSPS) is 13.1. The Morgan fingerprint density at radius 2 is 1.57 bits per heavy atom. The molecule has 0 amide bonds. The quantitative estimate of drug-likeness (QED) is 0.536. The highest BCUT2D eigenvalue weighted by atomic mass is 16.5. The van der Waals surface area contributed by atoms with E-state index in [0.717, 1.165) is 16.8 Å². The van der Waals surface area contributed by atoms with Crippen molar-refractivity contribution in [3.8, 4) is 11.1 Å². The number of para-hydroxylation sites is 1. The first-order valence-electron chi connectivity index (χ1n) is 6.58. The summed E-state index contributed by atoms with van der Waals surface area (Å²) in [7, 11) is 0. The van der Waals surface area contributed by atoms with E-state index in [2.05, 4.69) is 10.1 Å². The molecule has 0 radical (unpaired) electrons. The Kier molecular flexibility index (Phi) is 2.54. The summed E-state index contributed by atoms with van der Waals surface area (Å²) < 4.78 is 5.24. The van der Waals surface area contributed by atoms with Crippen LogP contribution in [0.15, 0.2) is 70.2 Å². The molecule has 0 spiro atoms. The van der Waals surface area contributed by atoms with Crippen LogP contribution in [-0.2, 0) is 0 Å². The summed E-state index contributed by atoms with van der Waals surface area (Å²) in [6.07, 6.45) is 0. The summed E-state index contributed by atoms with van der Waals surface area (Å²) in [5, 5.41) is 3.93. The number of aromatic nitrogens is 1. The van der Waals surface area contributed by atoms with Crippen LogP contribution in [0.2, 0.25) is 0 Å². The third-order valence-corrected chi connectivity index (χ3v) is 3.43. The lowest BCUT2D eigenvalue weighted by Gasteiger charge is -1.97. The van der Waals surface area contributed by atoms with Gasteiger partial charge in [0.15, 0.2) is 5.69 Å². The molecule has 1 aliphatic carbocycles. The maximum atomic E-state index is 12.2. The number of hydrogen-bond acceptors (Lipinski definition) is 4. The first-order chi connectivity index (χ1) is 10.3. The fraction of sp³-hybridized carbons (Fsp3) is 0. The smallest absolute Gasteiger partial charge is 0.249 e. The second-order valence-electron chi connectivity index (χ2n) is 4.75. The molecule has 0 saturated heterocycles. The minimum atomic E-state index is -0.101. The molecule has 1 aliphatic rings. The highest BCUT2D eigenvalue weighted by Gasteiger charge is 2.28. The van der Waals surface area contributed by atoms with Crippen LogP contribution in [0.3, 0.4) is 0 Å². The van der Waals surface area contributed by atoms with Crippen molar-refractivity contribution >= 4 is 11.5 Å². The SMILES string of the molecule is O=C1c2ccccc2-c2cc(=Nc3ccccc3)onc21. The summed E-state index contributed by atoms with van der Waals surface area (Å²) in [4.78, 5) is 16.6. The number of benzene rings is 2. The molecule has 0 aliphatic heterocycles. The maximum Gasteiger partial charge on any atom is 0.249 e. The van der Waals surface area contributed by atoms with Crippen molar-refractivity contribution in [2.75, 3.05) is 0 Å². The van der Waals surface area contributed by atoms with E-state index in [1.54, 1.807) is 12.1 Å². The zero-order valence-corrected chi connectivity index (χ0v) is 11.0. The standard InChI is InChI=1S/C17H10N2O2/c20-17-13-9-5-4-8-12(13)14-10-15(21-19-16(14)17)18-11-6-2-1-3-7-11/h1-10H. The highest BCUT2D eigenvalue weighted by molar-refractivity contribution is 6.20. The molecule has 3 aromatic rings. The predicted octanol–water partition coefficient (Wildman–Crippen LogP) is 3.12. The summed E-state index contributed by atoms with van der Waals surface area (Å²) in [6, 6.07) is 18.7. The molecule has 2 aromatic carbocycles. The van der Waals surface area contributed by atoms with Gasteiger partial charge in [-0.2, -0.15) is 0 Å². The molecule has 21 heavy (non-hydrogen) atoms. The van der Waals surface area contributed by atoms with Crippen LogP contribution in [0, 0.1) is 0 Å². The van der Waals surface area contributed by atoms with E-state index in [1.165, 1.54) is 0 Å². The van der Waals surface area contributed by atoms with Gasteiger partial charge in [0, 0.05) is 17.2 Å². The molecule has 0 saturated carbocycles. The predicted molar refractivity (Wildman–Crippen MR) is 77.0 cm³/mol. The number of rotatable bonds is 1. The number of nitrogens with zero attached hydrogens (tertiary/aromatic N) is 2. The highest BCUT2D eigenvalue weighted by Crippen LogP contribution is 2.33. The lowest BCUT2D eigenvalue weighted by molar-refractivity contribution is 0.103. The number of carbonyl (C=O) groups excluding carboxylic acids is 1. The van der Waals surface area contributed by atoms with E-state index >= 15 is 0 Å². The van der Waals surface area contributed by atoms with Crippen molar-refractivity contribution in [1.82, 2.24) is 5.16 Å². The van der Waals surface area contributed by atoms with Crippen LogP contribution < -0.4 is 5.55 Å². The Morgan fingerprint density at radius 3 is 2.38 bits per heavy atom. The Hall–Kier alpha value is -3.01. The largest absolute Gasteiger partial charge is 0.336 e. The van der Waals surface area contributed by atoms with E-state index < -0.39 is 0 Å². The van der Waals surface area contributed by atoms with Crippen LogP contribution in [0.4, 0.5) is 5.69 Å². The first kappa shape index (κ1) is 11.8. The van der Waals surface area contributed by atoms with Gasteiger partial charge in [0.05, 0.1) is 5.69 Å². The fourth-order valence-corrected chi connectivity index (χ4v) is 2.45. The Balaban J connectivity index is 1.91. The summed E-state index contributed by atoms with van der Waals surface area (Å²) >= 11 is 0. The zero-order chi connectivity index (χ0) is 14.2. The average Bonchev–Trinajstić information content (AvgIpc) is 2.82. The van der Waals surface area contributed by atoms with E-state index in [1.807, 2.05) is 48.5 Å². The summed E-state index contributed by atoms with van der Waals surface area (Å²) in [6.45, 7) is 0. The Bertz CT molecular complexity index is 911. The van der Waals surface area contributed by atoms with Gasteiger partial charge in [-0.3, -0.25) is 4.79 Å². The fourth-order valence-electron chi connectivity index (χ4n) is 2.45. The van der Waals surface area contributed by atoms with Crippen molar-refractivity contribution < 1.29 is 9.32 Å². The molecular weight excluding hydrogens is 264 g/mol. The molecule has 0 fully saturated rings. The molecule has 1 heterocycles. The maximum absolute atomic E-state index is 12.2. The summed E-state index contributed by atoms with van der Waals surface area (Å²) in [5.74, 6) is -0.101. The van der Waals surface area contributed by atoms with Crippen molar-refractivity contribution in [2.24, 2.45) is 4.99 Å². The first-order valence-corrected chi connectivity index (χ1v) is 6.58. The van der Waals surface area contributed by atoms with Gasteiger partial charge >= 0.3 is 0 Å². The van der Waals surface area contributed by atoms with E-state index in [0.29, 0.717) is 16.8 Å². The van der Waals surface area contributed by atoms with Gasteiger partial charge in [0.25, 0.3) is 0 Å². The van der Waals surface area contributed by atoms with Gasteiger partial charge in [-0.1, -0.05) is 47.6 Å². The van der Waals surface area contributed by atoms with Crippen LogP contribution >= 0.6 is 0 Å². The van der Waals surface area contributed by atoms with Gasteiger partial charge in [-0.15, -0.1) is 0 Å². The Labute approximate surface area is 120 Å². The molecule has 0 unspecified atom stereocenters.